The number of amides is 2. The number of benzene rings is 1. The Kier molecular flexibility index (Phi) is 4.63. The van der Waals surface area contributed by atoms with Crippen molar-refractivity contribution in [2.24, 2.45) is 0 Å². The first-order valence-corrected chi connectivity index (χ1v) is 9.36. The van der Waals surface area contributed by atoms with Crippen LogP contribution in [0.3, 0.4) is 0 Å². The smallest absolute Gasteiger partial charge is 0.419 e. The van der Waals surface area contributed by atoms with Crippen LogP contribution >= 0.6 is 0 Å². The van der Waals surface area contributed by atoms with E-state index >= 15 is 0 Å². The average molecular weight is 373 g/mol. The molecule has 1 unspecified atom stereocenters. The van der Waals surface area contributed by atoms with Crippen LogP contribution in [0, 0.1) is 0 Å². The van der Waals surface area contributed by atoms with Crippen LogP contribution in [0.4, 0.5) is 4.79 Å². The van der Waals surface area contributed by atoms with Crippen molar-refractivity contribution in [2.75, 3.05) is 19.6 Å². The Balaban J connectivity index is 1.33. The minimum Gasteiger partial charge on any atom is -0.444 e. The molecule has 0 bridgehead atoms. The number of nitrogens with zero attached hydrogens (tertiary/aromatic N) is 3. The molecule has 1 aromatic carbocycles. The second-order valence-corrected chi connectivity index (χ2v) is 7.20. The molecule has 3 heterocycles. The van der Waals surface area contributed by atoms with E-state index in [-0.39, 0.29) is 30.6 Å². The van der Waals surface area contributed by atoms with E-state index in [2.05, 4.69) is 0 Å². The van der Waals surface area contributed by atoms with Gasteiger partial charge in [0, 0.05) is 32.1 Å². The summed E-state index contributed by atoms with van der Waals surface area (Å²) in [4.78, 5) is 40.0. The summed E-state index contributed by atoms with van der Waals surface area (Å²) < 4.78 is 11.9. The Morgan fingerprint density at radius 1 is 1.19 bits per heavy atom. The van der Waals surface area contributed by atoms with Crippen LogP contribution in [-0.4, -0.2) is 58.1 Å². The first-order chi connectivity index (χ1) is 13.0. The second kappa shape index (κ2) is 7.09. The maximum Gasteiger partial charge on any atom is 0.419 e. The molecule has 1 aromatic heterocycles. The van der Waals surface area contributed by atoms with Gasteiger partial charge in [0.25, 0.3) is 0 Å². The van der Waals surface area contributed by atoms with Crippen LogP contribution in [0.2, 0.25) is 0 Å². The van der Waals surface area contributed by atoms with Gasteiger partial charge < -0.3 is 19.0 Å². The number of ether oxygens (including phenoxy) is 1. The van der Waals surface area contributed by atoms with Gasteiger partial charge in [0.2, 0.25) is 5.91 Å². The summed E-state index contributed by atoms with van der Waals surface area (Å²) in [6.07, 6.45) is 1.43. The van der Waals surface area contributed by atoms with Gasteiger partial charge in [-0.25, -0.2) is 9.59 Å². The number of oxazole rings is 1. The van der Waals surface area contributed by atoms with E-state index in [4.69, 9.17) is 9.15 Å². The minimum atomic E-state index is -0.440. The van der Waals surface area contributed by atoms with Crippen LogP contribution in [-0.2, 0) is 16.1 Å². The molecule has 0 N–H and O–H groups in total. The SMILES string of the molecule is CC1CN(C2CCN(C(=O)CCn3c(=O)oc4ccccc43)CC2)C(=O)O1. The Morgan fingerprint density at radius 2 is 1.93 bits per heavy atom. The minimum absolute atomic E-state index is 0.0167. The number of rotatable bonds is 4. The number of hydrogen-bond donors (Lipinski definition) is 0. The van der Waals surface area contributed by atoms with Crippen molar-refractivity contribution in [1.82, 2.24) is 14.4 Å². The van der Waals surface area contributed by atoms with E-state index < -0.39 is 5.76 Å². The lowest BCUT2D eigenvalue weighted by Gasteiger charge is -2.35. The number of carbonyl (C=O) groups is 2. The van der Waals surface area contributed by atoms with Crippen molar-refractivity contribution in [3.8, 4) is 0 Å². The fourth-order valence-corrected chi connectivity index (χ4v) is 3.94. The van der Waals surface area contributed by atoms with Crippen molar-refractivity contribution in [2.45, 2.75) is 44.9 Å². The summed E-state index contributed by atoms with van der Waals surface area (Å²) >= 11 is 0. The second-order valence-electron chi connectivity index (χ2n) is 7.20. The maximum absolute atomic E-state index is 12.6. The zero-order valence-corrected chi connectivity index (χ0v) is 15.3. The predicted octanol–water partition coefficient (Wildman–Crippen LogP) is 1.82. The largest absolute Gasteiger partial charge is 0.444 e. The molecule has 2 aromatic rings. The van der Waals surface area contributed by atoms with Crippen molar-refractivity contribution in [3.05, 3.63) is 34.8 Å². The molecule has 1 atom stereocenters. The monoisotopic (exact) mass is 373 g/mol. The topological polar surface area (TPSA) is 85.0 Å². The van der Waals surface area contributed by atoms with E-state index in [1.165, 1.54) is 4.57 Å². The van der Waals surface area contributed by atoms with Crippen LogP contribution < -0.4 is 5.76 Å². The molecular formula is C19H23N3O5. The highest BCUT2D eigenvalue weighted by Gasteiger charge is 2.36. The lowest BCUT2D eigenvalue weighted by atomic mass is 10.0. The molecule has 0 spiro atoms. The van der Waals surface area contributed by atoms with Crippen LogP contribution in [0.1, 0.15) is 26.2 Å². The van der Waals surface area contributed by atoms with Gasteiger partial charge in [0.05, 0.1) is 12.1 Å². The van der Waals surface area contributed by atoms with Gasteiger partial charge in [-0.2, -0.15) is 0 Å². The Hall–Kier alpha value is -2.77. The summed E-state index contributed by atoms with van der Waals surface area (Å²) in [6.45, 7) is 4.03. The van der Waals surface area contributed by atoms with Gasteiger partial charge in [-0.3, -0.25) is 9.36 Å². The molecule has 2 amide bonds. The number of aromatic nitrogens is 1. The molecule has 0 saturated carbocycles. The van der Waals surface area contributed by atoms with Crippen molar-refractivity contribution in [1.29, 1.82) is 0 Å². The Labute approximate surface area is 156 Å². The van der Waals surface area contributed by atoms with E-state index in [0.29, 0.717) is 37.3 Å². The Bertz CT molecular complexity index is 909. The number of para-hydroxylation sites is 2. The molecule has 2 aliphatic heterocycles. The quantitative estimate of drug-likeness (QED) is 0.816. The number of carbonyl (C=O) groups excluding carboxylic acids is 2. The van der Waals surface area contributed by atoms with Crippen LogP contribution in [0.25, 0.3) is 11.1 Å². The van der Waals surface area contributed by atoms with Crippen LogP contribution in [0.15, 0.2) is 33.5 Å². The zero-order chi connectivity index (χ0) is 19.0. The van der Waals surface area contributed by atoms with Gasteiger partial charge in [-0.1, -0.05) is 12.1 Å². The van der Waals surface area contributed by atoms with Crippen molar-refractivity contribution < 1.29 is 18.7 Å². The summed E-state index contributed by atoms with van der Waals surface area (Å²) in [5, 5.41) is 0. The zero-order valence-electron chi connectivity index (χ0n) is 15.3. The predicted molar refractivity (Wildman–Crippen MR) is 97.3 cm³/mol. The molecule has 27 heavy (non-hydrogen) atoms. The normalized spacial score (nSPS) is 21.1. The molecule has 2 saturated heterocycles. The molecule has 4 rings (SSSR count). The van der Waals surface area contributed by atoms with E-state index in [9.17, 15) is 14.4 Å². The van der Waals surface area contributed by atoms with Gasteiger partial charge in [0.15, 0.2) is 5.58 Å². The van der Waals surface area contributed by atoms with Crippen LogP contribution in [0.5, 0.6) is 0 Å². The summed E-state index contributed by atoms with van der Waals surface area (Å²) in [6, 6.07) is 7.33. The first-order valence-electron chi connectivity index (χ1n) is 9.36. The van der Waals surface area contributed by atoms with Gasteiger partial charge in [-0.15, -0.1) is 0 Å². The van der Waals surface area contributed by atoms with E-state index in [0.717, 1.165) is 12.8 Å². The summed E-state index contributed by atoms with van der Waals surface area (Å²) in [5.74, 6) is -0.424. The molecule has 144 valence electrons. The fraction of sp³-hybridized carbons (Fsp3) is 0.526. The molecule has 0 radical (unpaired) electrons. The molecule has 2 fully saturated rings. The highest BCUT2D eigenvalue weighted by atomic mass is 16.6. The summed E-state index contributed by atoms with van der Waals surface area (Å²) in [5.41, 5.74) is 1.23. The molecular weight excluding hydrogens is 350 g/mol. The third-order valence-electron chi connectivity index (χ3n) is 5.37. The molecule has 8 heteroatoms. The number of aryl methyl sites for hydroxylation is 1. The van der Waals surface area contributed by atoms with Crippen molar-refractivity contribution in [3.63, 3.8) is 0 Å². The van der Waals surface area contributed by atoms with Gasteiger partial charge >= 0.3 is 11.8 Å². The Morgan fingerprint density at radius 3 is 2.63 bits per heavy atom. The highest BCUT2D eigenvalue weighted by molar-refractivity contribution is 5.77. The number of piperidine rings is 1. The molecule has 8 nitrogen and oxygen atoms in total. The number of fused-ring (bicyclic) bond motifs is 1. The van der Waals surface area contributed by atoms with Gasteiger partial charge in [-0.05, 0) is 31.9 Å². The number of likely N-dealkylation sites (tertiary alicyclic amines) is 1. The van der Waals surface area contributed by atoms with Gasteiger partial charge in [0.1, 0.15) is 6.10 Å². The number of hydrogen-bond acceptors (Lipinski definition) is 5. The lowest BCUT2D eigenvalue weighted by molar-refractivity contribution is -0.132. The lowest BCUT2D eigenvalue weighted by Crippen LogP contribution is -2.47. The van der Waals surface area contributed by atoms with E-state index in [1.54, 1.807) is 11.0 Å². The fourth-order valence-electron chi connectivity index (χ4n) is 3.94. The number of cyclic esters (lactones) is 1. The van der Waals surface area contributed by atoms with E-state index in [1.807, 2.05) is 30.0 Å². The average Bonchev–Trinajstić information content (AvgIpc) is 3.17. The standard InChI is InChI=1S/C19H23N3O5/c1-13-12-22(19(25)26-13)14-6-9-20(10-7-14)17(23)8-11-21-15-4-2-3-5-16(15)27-18(21)24/h2-5,13-14H,6-12H2,1H3. The summed E-state index contributed by atoms with van der Waals surface area (Å²) in [7, 11) is 0. The first kappa shape index (κ1) is 17.6. The molecule has 2 aliphatic rings. The van der Waals surface area contributed by atoms with Crippen molar-refractivity contribution >= 4 is 23.1 Å². The molecule has 0 aliphatic carbocycles. The highest BCUT2D eigenvalue weighted by Crippen LogP contribution is 2.23. The maximum atomic E-state index is 12.6. The third-order valence-corrected chi connectivity index (χ3v) is 5.37. The third kappa shape index (κ3) is 3.43.